The first-order chi connectivity index (χ1) is 7.26. The molecular formula is C9H16N2O5. The molecule has 0 saturated carbocycles. The van der Waals surface area contributed by atoms with E-state index < -0.39 is 23.6 Å². The van der Waals surface area contributed by atoms with E-state index in [1.54, 1.807) is 27.7 Å². The fourth-order valence-corrected chi connectivity index (χ4v) is 0.659. The molecule has 0 aliphatic heterocycles. The van der Waals surface area contributed by atoms with E-state index in [0.29, 0.717) is 0 Å². The van der Waals surface area contributed by atoms with Crippen LogP contribution in [0.15, 0.2) is 0 Å². The number of carbonyl (C=O) groups excluding carboxylic acids is 3. The Morgan fingerprint density at radius 3 is 2.12 bits per heavy atom. The summed E-state index contributed by atoms with van der Waals surface area (Å²) in [5, 5.41) is 0. The maximum absolute atomic E-state index is 11.0. The van der Waals surface area contributed by atoms with Gasteiger partial charge in [0.2, 0.25) is 0 Å². The molecule has 0 saturated heterocycles. The summed E-state index contributed by atoms with van der Waals surface area (Å²) in [5.41, 5.74) is 3.09. The van der Waals surface area contributed by atoms with E-state index in [9.17, 15) is 14.4 Å². The fourth-order valence-electron chi connectivity index (χ4n) is 0.659. The molecule has 0 aromatic rings. The van der Waals surface area contributed by atoms with E-state index in [2.05, 4.69) is 4.74 Å². The summed E-state index contributed by atoms with van der Waals surface area (Å²) in [7, 11) is 0. The number of carbonyl (C=O) groups is 3. The third-order valence-corrected chi connectivity index (χ3v) is 1.14. The maximum Gasteiger partial charge on any atom is 0.426 e. The first-order valence-electron chi connectivity index (χ1n) is 4.72. The van der Waals surface area contributed by atoms with Gasteiger partial charge in [-0.1, -0.05) is 0 Å². The lowest BCUT2D eigenvalue weighted by Gasteiger charge is -2.19. The van der Waals surface area contributed by atoms with E-state index in [1.165, 1.54) is 0 Å². The summed E-state index contributed by atoms with van der Waals surface area (Å²) in [4.78, 5) is 32.8. The first kappa shape index (κ1) is 14.2. The molecule has 0 rings (SSSR count). The summed E-state index contributed by atoms with van der Waals surface area (Å²) in [5.74, 6) is -2.13. The number of hydrogen-bond acceptors (Lipinski definition) is 5. The van der Waals surface area contributed by atoms with E-state index in [4.69, 9.17) is 4.74 Å². The monoisotopic (exact) mass is 232 g/mol. The minimum Gasteiger partial charge on any atom is -0.459 e. The lowest BCUT2D eigenvalue weighted by molar-refractivity contribution is -0.154. The van der Waals surface area contributed by atoms with Gasteiger partial charge in [-0.2, -0.15) is 0 Å². The zero-order valence-electron chi connectivity index (χ0n) is 9.75. The number of nitrogens with one attached hydrogen (secondary N) is 2. The van der Waals surface area contributed by atoms with Gasteiger partial charge < -0.3 is 9.47 Å². The molecule has 0 heterocycles. The van der Waals surface area contributed by atoms with E-state index >= 15 is 0 Å². The number of esters is 1. The van der Waals surface area contributed by atoms with Crippen LogP contribution in [0.1, 0.15) is 27.7 Å². The van der Waals surface area contributed by atoms with Crippen LogP contribution in [0.4, 0.5) is 4.79 Å². The quantitative estimate of drug-likeness (QED) is 0.380. The molecule has 7 heteroatoms. The van der Waals surface area contributed by atoms with Crippen LogP contribution in [0.3, 0.4) is 0 Å². The fraction of sp³-hybridized carbons (Fsp3) is 0.667. The summed E-state index contributed by atoms with van der Waals surface area (Å²) >= 11 is 0. The summed E-state index contributed by atoms with van der Waals surface area (Å²) in [6.07, 6.45) is -0.856. The average molecular weight is 232 g/mol. The standard InChI is InChI=1S/C9H16N2O5/c1-5-15-7(13)6(12)10-11-8(14)16-9(2,3)4/h5H2,1-4H3,(H,10,12)(H,11,14). The topological polar surface area (TPSA) is 93.7 Å². The highest BCUT2D eigenvalue weighted by molar-refractivity contribution is 6.32. The largest absolute Gasteiger partial charge is 0.459 e. The molecule has 0 atom stereocenters. The molecule has 0 aliphatic rings. The normalized spacial score (nSPS) is 10.2. The second kappa shape index (κ2) is 5.94. The summed E-state index contributed by atoms with van der Waals surface area (Å²) < 4.78 is 9.20. The SMILES string of the molecule is CCOC(=O)C(=O)NNC(=O)OC(C)(C)C. The van der Waals surface area contributed by atoms with Crippen molar-refractivity contribution in [1.29, 1.82) is 0 Å². The van der Waals surface area contributed by atoms with Crippen molar-refractivity contribution < 1.29 is 23.9 Å². The van der Waals surface area contributed by atoms with Gasteiger partial charge in [0, 0.05) is 0 Å². The minimum atomic E-state index is -1.07. The molecule has 2 amide bonds. The average Bonchev–Trinajstić information content (AvgIpc) is 2.11. The third-order valence-electron chi connectivity index (χ3n) is 1.14. The van der Waals surface area contributed by atoms with Crippen LogP contribution in [-0.4, -0.2) is 30.2 Å². The maximum atomic E-state index is 11.0. The van der Waals surface area contributed by atoms with Gasteiger partial charge in [-0.15, -0.1) is 0 Å². The van der Waals surface area contributed by atoms with Gasteiger partial charge in [0.25, 0.3) is 0 Å². The van der Waals surface area contributed by atoms with Crippen LogP contribution in [0.25, 0.3) is 0 Å². The van der Waals surface area contributed by atoms with Crippen molar-refractivity contribution in [2.45, 2.75) is 33.3 Å². The van der Waals surface area contributed by atoms with Crippen molar-refractivity contribution in [2.75, 3.05) is 6.61 Å². The van der Waals surface area contributed by atoms with E-state index in [0.717, 1.165) is 0 Å². The number of amides is 2. The summed E-state index contributed by atoms with van der Waals surface area (Å²) in [6, 6.07) is 0. The molecule has 0 bridgehead atoms. The van der Waals surface area contributed by atoms with Crippen molar-refractivity contribution in [3.8, 4) is 0 Å². The second-order valence-corrected chi connectivity index (χ2v) is 3.80. The molecule has 0 fully saturated rings. The highest BCUT2D eigenvalue weighted by Crippen LogP contribution is 2.05. The van der Waals surface area contributed by atoms with Gasteiger partial charge in [-0.3, -0.25) is 10.2 Å². The third kappa shape index (κ3) is 6.63. The Bertz CT molecular complexity index is 282. The van der Waals surface area contributed by atoms with Gasteiger partial charge in [0.15, 0.2) is 0 Å². The van der Waals surface area contributed by atoms with Gasteiger partial charge in [-0.25, -0.2) is 15.0 Å². The van der Waals surface area contributed by atoms with Crippen molar-refractivity contribution in [2.24, 2.45) is 0 Å². The Morgan fingerprint density at radius 1 is 1.12 bits per heavy atom. The molecule has 16 heavy (non-hydrogen) atoms. The van der Waals surface area contributed by atoms with E-state index in [1.807, 2.05) is 10.9 Å². The highest BCUT2D eigenvalue weighted by atomic mass is 16.6. The molecular weight excluding hydrogens is 216 g/mol. The van der Waals surface area contributed by atoms with Gasteiger partial charge in [0.05, 0.1) is 6.61 Å². The number of hydrogen-bond donors (Lipinski definition) is 2. The lowest BCUT2D eigenvalue weighted by Crippen LogP contribution is -2.47. The zero-order chi connectivity index (χ0) is 12.8. The van der Waals surface area contributed by atoms with Gasteiger partial charge in [0.1, 0.15) is 5.60 Å². The van der Waals surface area contributed by atoms with Gasteiger partial charge in [-0.05, 0) is 27.7 Å². The molecule has 92 valence electrons. The summed E-state index contributed by atoms with van der Waals surface area (Å²) in [6.45, 7) is 6.64. The number of ether oxygens (including phenoxy) is 2. The minimum absolute atomic E-state index is 0.0820. The smallest absolute Gasteiger partial charge is 0.426 e. The predicted octanol–water partition coefficient (Wildman–Crippen LogP) is 0.105. The number of rotatable bonds is 1. The molecule has 0 aliphatic carbocycles. The van der Waals surface area contributed by atoms with Crippen LogP contribution in [0, 0.1) is 0 Å². The van der Waals surface area contributed by atoms with Crippen molar-refractivity contribution >= 4 is 18.0 Å². The highest BCUT2D eigenvalue weighted by Gasteiger charge is 2.19. The lowest BCUT2D eigenvalue weighted by atomic mass is 10.2. The van der Waals surface area contributed by atoms with Crippen LogP contribution in [0.5, 0.6) is 0 Å². The molecule has 2 N–H and O–H groups in total. The van der Waals surface area contributed by atoms with Crippen molar-refractivity contribution in [3.05, 3.63) is 0 Å². The Labute approximate surface area is 93.4 Å². The Kier molecular flexibility index (Phi) is 5.27. The second-order valence-electron chi connectivity index (χ2n) is 3.80. The van der Waals surface area contributed by atoms with Gasteiger partial charge >= 0.3 is 18.0 Å². The van der Waals surface area contributed by atoms with E-state index in [-0.39, 0.29) is 6.61 Å². The molecule has 7 nitrogen and oxygen atoms in total. The van der Waals surface area contributed by atoms with Crippen LogP contribution in [-0.2, 0) is 19.1 Å². The van der Waals surface area contributed by atoms with Crippen LogP contribution < -0.4 is 10.9 Å². The molecule has 0 unspecified atom stereocenters. The molecule has 0 spiro atoms. The number of hydrazine groups is 1. The molecule has 0 radical (unpaired) electrons. The van der Waals surface area contributed by atoms with Crippen molar-refractivity contribution in [3.63, 3.8) is 0 Å². The van der Waals surface area contributed by atoms with Crippen LogP contribution >= 0.6 is 0 Å². The molecule has 0 aromatic heterocycles. The Morgan fingerprint density at radius 2 is 1.69 bits per heavy atom. The Hall–Kier alpha value is -1.79. The van der Waals surface area contributed by atoms with Crippen molar-refractivity contribution in [1.82, 2.24) is 10.9 Å². The zero-order valence-corrected chi connectivity index (χ0v) is 9.75. The first-order valence-corrected chi connectivity index (χ1v) is 4.72. The molecule has 0 aromatic carbocycles. The Balaban J connectivity index is 3.93. The van der Waals surface area contributed by atoms with Crippen LogP contribution in [0.2, 0.25) is 0 Å². The predicted molar refractivity (Wildman–Crippen MR) is 54.1 cm³/mol.